The van der Waals surface area contributed by atoms with Crippen LogP contribution in [0.4, 0.5) is 0 Å². The van der Waals surface area contributed by atoms with Crippen LogP contribution in [-0.2, 0) is 16.4 Å². The van der Waals surface area contributed by atoms with Gasteiger partial charge in [0.25, 0.3) is 10.0 Å². The van der Waals surface area contributed by atoms with E-state index in [1.165, 1.54) is 6.20 Å². The van der Waals surface area contributed by atoms with Gasteiger partial charge in [-0.05, 0) is 6.42 Å². The zero-order chi connectivity index (χ0) is 12.2. The van der Waals surface area contributed by atoms with Gasteiger partial charge in [-0.2, -0.15) is 0 Å². The highest BCUT2D eigenvalue weighted by Gasteiger charge is 2.20. The molecule has 0 bridgehead atoms. The average Bonchev–Trinajstić information content (AvgIpc) is 2.75. The molecule has 92 valence electrons. The number of nitrogens with zero attached hydrogens (tertiary/aromatic N) is 1. The zero-order valence-corrected chi connectivity index (χ0v) is 10.9. The standard InChI is InChI=1S/C9H16ClN3O2S/c1-3-7(5-10)13-16(14,15)9-6-11-8(4-2)12-9/h6-7,13H,3-5H2,1-2H3,(H,11,12). The Morgan fingerprint density at radius 3 is 2.69 bits per heavy atom. The van der Waals surface area contributed by atoms with E-state index in [4.69, 9.17) is 11.6 Å². The number of halogens is 1. The molecule has 1 rings (SSSR count). The van der Waals surface area contributed by atoms with Gasteiger partial charge in [0.15, 0.2) is 5.03 Å². The van der Waals surface area contributed by atoms with Gasteiger partial charge in [0.05, 0.1) is 6.20 Å². The molecule has 0 saturated carbocycles. The molecule has 1 atom stereocenters. The first kappa shape index (κ1) is 13.5. The Bertz CT molecular complexity index is 426. The molecule has 1 unspecified atom stereocenters. The van der Waals surface area contributed by atoms with Gasteiger partial charge in [-0.3, -0.25) is 0 Å². The molecule has 0 aliphatic carbocycles. The first-order valence-corrected chi connectivity index (χ1v) is 7.17. The molecule has 5 nitrogen and oxygen atoms in total. The zero-order valence-electron chi connectivity index (χ0n) is 9.33. The van der Waals surface area contributed by atoms with Crippen molar-refractivity contribution in [3.05, 3.63) is 12.0 Å². The van der Waals surface area contributed by atoms with Crippen LogP contribution in [0.2, 0.25) is 0 Å². The van der Waals surface area contributed by atoms with Gasteiger partial charge in [-0.1, -0.05) is 13.8 Å². The molecule has 7 heteroatoms. The summed E-state index contributed by atoms with van der Waals surface area (Å²) in [6, 6.07) is -0.250. The van der Waals surface area contributed by atoms with E-state index in [0.29, 0.717) is 18.7 Å². The van der Waals surface area contributed by atoms with Crippen LogP contribution in [-0.4, -0.2) is 30.3 Å². The van der Waals surface area contributed by atoms with Crippen molar-refractivity contribution in [3.8, 4) is 0 Å². The van der Waals surface area contributed by atoms with Crippen LogP contribution in [0.25, 0.3) is 0 Å². The maximum absolute atomic E-state index is 11.8. The summed E-state index contributed by atoms with van der Waals surface area (Å²) in [6.45, 7) is 3.77. The largest absolute Gasteiger partial charge is 0.332 e. The van der Waals surface area contributed by atoms with Gasteiger partial charge in [0.2, 0.25) is 0 Å². The van der Waals surface area contributed by atoms with Gasteiger partial charge in [0, 0.05) is 18.3 Å². The number of aromatic amines is 1. The molecular weight excluding hydrogens is 250 g/mol. The van der Waals surface area contributed by atoms with Crippen LogP contribution in [0.5, 0.6) is 0 Å². The molecule has 0 spiro atoms. The Hall–Kier alpha value is -0.590. The van der Waals surface area contributed by atoms with E-state index in [9.17, 15) is 8.42 Å². The first-order chi connectivity index (χ1) is 7.53. The van der Waals surface area contributed by atoms with Crippen LogP contribution < -0.4 is 4.72 Å². The number of sulfonamides is 1. The molecule has 0 amide bonds. The summed E-state index contributed by atoms with van der Waals surface area (Å²) in [7, 11) is -3.53. The topological polar surface area (TPSA) is 74.8 Å². The van der Waals surface area contributed by atoms with Crippen molar-refractivity contribution < 1.29 is 8.42 Å². The number of aromatic nitrogens is 2. The van der Waals surface area contributed by atoms with Gasteiger partial charge < -0.3 is 4.98 Å². The summed E-state index contributed by atoms with van der Waals surface area (Å²) in [5.74, 6) is 0.907. The summed E-state index contributed by atoms with van der Waals surface area (Å²) in [5, 5.41) is 0.0907. The number of rotatable bonds is 6. The Balaban J connectivity index is 2.85. The lowest BCUT2D eigenvalue weighted by Crippen LogP contribution is -2.35. The Morgan fingerprint density at radius 1 is 1.56 bits per heavy atom. The molecule has 0 fully saturated rings. The lowest BCUT2D eigenvalue weighted by molar-refractivity contribution is 0.554. The van der Waals surface area contributed by atoms with Crippen LogP contribution in [0, 0.1) is 0 Å². The third-order valence-electron chi connectivity index (χ3n) is 2.23. The molecule has 1 heterocycles. The van der Waals surface area contributed by atoms with Gasteiger partial charge in [-0.25, -0.2) is 18.1 Å². The smallest absolute Gasteiger partial charge is 0.257 e. The van der Waals surface area contributed by atoms with Gasteiger partial charge in [-0.15, -0.1) is 11.6 Å². The second-order valence-electron chi connectivity index (χ2n) is 3.43. The number of aryl methyl sites for hydroxylation is 1. The molecule has 2 N–H and O–H groups in total. The summed E-state index contributed by atoms with van der Waals surface area (Å²) in [5.41, 5.74) is 0. The lowest BCUT2D eigenvalue weighted by Gasteiger charge is -2.12. The fraction of sp³-hybridized carbons (Fsp3) is 0.667. The number of imidazole rings is 1. The fourth-order valence-electron chi connectivity index (χ4n) is 1.17. The number of alkyl halides is 1. The van der Waals surface area contributed by atoms with Crippen LogP contribution >= 0.6 is 11.6 Å². The molecule has 1 aromatic heterocycles. The maximum Gasteiger partial charge on any atom is 0.257 e. The minimum atomic E-state index is -3.53. The van der Waals surface area contributed by atoms with E-state index in [0.717, 1.165) is 0 Å². The van der Waals surface area contributed by atoms with Crippen molar-refractivity contribution >= 4 is 21.6 Å². The summed E-state index contributed by atoms with van der Waals surface area (Å²) in [4.78, 5) is 6.70. The quantitative estimate of drug-likeness (QED) is 0.761. The maximum atomic E-state index is 11.8. The number of hydrogen-bond donors (Lipinski definition) is 2. The molecule has 0 radical (unpaired) electrons. The summed E-state index contributed by atoms with van der Waals surface area (Å²) < 4.78 is 26.2. The molecule has 0 aliphatic rings. The van der Waals surface area contributed by atoms with E-state index in [1.54, 1.807) is 0 Å². The Labute approximate surface area is 101 Å². The number of H-pyrrole nitrogens is 1. The van der Waals surface area contributed by atoms with E-state index in [1.807, 2.05) is 13.8 Å². The molecule has 0 saturated heterocycles. The number of hydrogen-bond acceptors (Lipinski definition) is 3. The van der Waals surface area contributed by atoms with E-state index in [2.05, 4.69) is 14.7 Å². The summed E-state index contributed by atoms with van der Waals surface area (Å²) >= 11 is 5.64. The third-order valence-corrected chi connectivity index (χ3v) is 4.03. The minimum Gasteiger partial charge on any atom is -0.332 e. The van der Waals surface area contributed by atoms with Crippen molar-refractivity contribution in [1.29, 1.82) is 0 Å². The minimum absolute atomic E-state index is 0.0907. The molecule has 0 aliphatic heterocycles. The number of nitrogens with one attached hydrogen (secondary N) is 2. The second kappa shape index (κ2) is 5.65. The highest BCUT2D eigenvalue weighted by Crippen LogP contribution is 2.08. The van der Waals surface area contributed by atoms with Gasteiger partial charge in [0.1, 0.15) is 5.82 Å². The predicted octanol–water partition coefficient (Wildman–Crippen LogP) is 1.27. The Morgan fingerprint density at radius 2 is 2.25 bits per heavy atom. The summed E-state index contributed by atoms with van der Waals surface area (Å²) in [6.07, 6.45) is 2.64. The normalized spacial score (nSPS) is 13.9. The van der Waals surface area contributed by atoms with Crippen molar-refractivity contribution in [2.45, 2.75) is 37.8 Å². The fourth-order valence-corrected chi connectivity index (χ4v) is 2.81. The average molecular weight is 266 g/mol. The van der Waals surface area contributed by atoms with Crippen LogP contribution in [0.1, 0.15) is 26.1 Å². The van der Waals surface area contributed by atoms with Crippen molar-refractivity contribution in [2.75, 3.05) is 5.88 Å². The van der Waals surface area contributed by atoms with Crippen LogP contribution in [0.3, 0.4) is 0 Å². The van der Waals surface area contributed by atoms with Crippen molar-refractivity contribution in [2.24, 2.45) is 0 Å². The second-order valence-corrected chi connectivity index (χ2v) is 5.42. The Kier molecular flexibility index (Phi) is 4.76. The SMILES string of the molecule is CCc1ncc(S(=O)(=O)NC(CC)CCl)[nH]1. The molecule has 0 aromatic carbocycles. The molecule has 16 heavy (non-hydrogen) atoms. The van der Waals surface area contributed by atoms with E-state index >= 15 is 0 Å². The van der Waals surface area contributed by atoms with E-state index < -0.39 is 10.0 Å². The predicted molar refractivity (Wildman–Crippen MR) is 63.1 cm³/mol. The monoisotopic (exact) mass is 265 g/mol. The lowest BCUT2D eigenvalue weighted by atomic mass is 10.3. The first-order valence-electron chi connectivity index (χ1n) is 5.15. The molecular formula is C9H16ClN3O2S. The van der Waals surface area contributed by atoms with Crippen LogP contribution in [0.15, 0.2) is 11.2 Å². The van der Waals surface area contributed by atoms with Crippen molar-refractivity contribution in [1.82, 2.24) is 14.7 Å². The molecule has 1 aromatic rings. The highest BCUT2D eigenvalue weighted by molar-refractivity contribution is 7.89. The third kappa shape index (κ3) is 3.20. The highest BCUT2D eigenvalue weighted by atomic mass is 35.5. The van der Waals surface area contributed by atoms with E-state index in [-0.39, 0.29) is 16.9 Å². The van der Waals surface area contributed by atoms with Gasteiger partial charge >= 0.3 is 0 Å². The van der Waals surface area contributed by atoms with Crippen molar-refractivity contribution in [3.63, 3.8) is 0 Å².